The zero-order valence-corrected chi connectivity index (χ0v) is 13.8. The number of ether oxygens (including phenoxy) is 1. The second-order valence-electron chi connectivity index (χ2n) is 7.01. The minimum atomic E-state index is -0.438. The lowest BCUT2D eigenvalue weighted by Crippen LogP contribution is -2.17. The molecule has 1 atom stereocenters. The van der Waals surface area contributed by atoms with Gasteiger partial charge in [0.15, 0.2) is 11.5 Å². The standard InChI is InChI=1S/C10H20.C8H8O3/c1-8(10(2,3)4)7-9-5-6-9;1-6(9)11-8-5-3-2-4-7(8)10/h8-9H,5-7H2,1-4H3;2-5,10H,1H3. The molecule has 0 aliphatic heterocycles. The van der Waals surface area contributed by atoms with Crippen LogP contribution in [0.3, 0.4) is 0 Å². The Kier molecular flexibility index (Phi) is 6.25. The highest BCUT2D eigenvalue weighted by atomic mass is 16.5. The molecule has 0 aromatic heterocycles. The lowest BCUT2D eigenvalue weighted by atomic mass is 9.79. The number of esters is 1. The van der Waals surface area contributed by atoms with Gasteiger partial charge in [-0.15, -0.1) is 0 Å². The fourth-order valence-corrected chi connectivity index (χ4v) is 1.91. The average molecular weight is 292 g/mol. The Labute approximate surface area is 128 Å². The van der Waals surface area contributed by atoms with Gasteiger partial charge in [0.25, 0.3) is 0 Å². The topological polar surface area (TPSA) is 46.5 Å². The molecule has 1 aliphatic rings. The summed E-state index contributed by atoms with van der Waals surface area (Å²) in [6.07, 6.45) is 4.46. The zero-order chi connectivity index (χ0) is 16.0. The number of phenolic OH excluding ortho intramolecular Hbond substituents is 1. The van der Waals surface area contributed by atoms with Crippen molar-refractivity contribution in [1.29, 1.82) is 0 Å². The highest BCUT2D eigenvalue weighted by Crippen LogP contribution is 2.40. The molecule has 0 amide bonds. The number of carbonyl (C=O) groups excluding carboxylic acids is 1. The summed E-state index contributed by atoms with van der Waals surface area (Å²) in [5.41, 5.74) is 0.530. The maximum absolute atomic E-state index is 10.4. The summed E-state index contributed by atoms with van der Waals surface area (Å²) in [5, 5.41) is 9.08. The Balaban J connectivity index is 0.000000211. The minimum Gasteiger partial charge on any atom is -0.504 e. The summed E-state index contributed by atoms with van der Waals surface area (Å²) in [6, 6.07) is 6.31. The van der Waals surface area contributed by atoms with Crippen LogP contribution in [-0.2, 0) is 4.79 Å². The van der Waals surface area contributed by atoms with E-state index in [4.69, 9.17) is 5.11 Å². The van der Waals surface area contributed by atoms with E-state index in [1.807, 2.05) is 0 Å². The molecule has 1 aliphatic carbocycles. The molecule has 0 bridgehead atoms. The number of hydrogen-bond acceptors (Lipinski definition) is 3. The third kappa shape index (κ3) is 7.16. The predicted molar refractivity (Wildman–Crippen MR) is 85.4 cm³/mol. The quantitative estimate of drug-likeness (QED) is 0.644. The predicted octanol–water partition coefficient (Wildman–Crippen LogP) is 4.79. The van der Waals surface area contributed by atoms with E-state index in [2.05, 4.69) is 32.4 Å². The number of benzene rings is 1. The van der Waals surface area contributed by atoms with Crippen molar-refractivity contribution in [3.8, 4) is 11.5 Å². The van der Waals surface area contributed by atoms with Crippen molar-refractivity contribution in [1.82, 2.24) is 0 Å². The van der Waals surface area contributed by atoms with Crippen molar-refractivity contribution in [2.45, 2.75) is 53.9 Å². The molecule has 21 heavy (non-hydrogen) atoms. The SMILES string of the molecule is CC(=O)Oc1ccccc1O.CC(CC1CC1)C(C)(C)C. The molecule has 3 nitrogen and oxygen atoms in total. The molecule has 2 rings (SSSR count). The first-order chi connectivity index (χ1) is 9.70. The molecule has 1 fully saturated rings. The van der Waals surface area contributed by atoms with E-state index in [9.17, 15) is 4.79 Å². The lowest BCUT2D eigenvalue weighted by Gasteiger charge is -2.27. The molecule has 1 aromatic rings. The van der Waals surface area contributed by atoms with Gasteiger partial charge in [-0.1, -0.05) is 52.7 Å². The van der Waals surface area contributed by atoms with E-state index in [0.29, 0.717) is 5.41 Å². The minimum absolute atomic E-state index is 0.0253. The van der Waals surface area contributed by atoms with Gasteiger partial charge in [-0.05, 0) is 35.8 Å². The van der Waals surface area contributed by atoms with Gasteiger partial charge in [0.05, 0.1) is 0 Å². The van der Waals surface area contributed by atoms with Crippen LogP contribution in [0.1, 0.15) is 53.9 Å². The summed E-state index contributed by atoms with van der Waals surface area (Å²) in [6.45, 7) is 10.7. The number of phenols is 1. The van der Waals surface area contributed by atoms with Crippen LogP contribution in [0, 0.1) is 17.3 Å². The molecule has 0 saturated heterocycles. The van der Waals surface area contributed by atoms with Crippen molar-refractivity contribution in [3.05, 3.63) is 24.3 Å². The number of rotatable bonds is 3. The smallest absolute Gasteiger partial charge is 0.308 e. The van der Waals surface area contributed by atoms with Crippen LogP contribution < -0.4 is 4.74 Å². The molecule has 0 spiro atoms. The van der Waals surface area contributed by atoms with E-state index in [1.165, 1.54) is 38.3 Å². The summed E-state index contributed by atoms with van der Waals surface area (Å²) < 4.78 is 4.66. The van der Waals surface area contributed by atoms with Gasteiger partial charge < -0.3 is 9.84 Å². The molecular formula is C18H28O3. The van der Waals surface area contributed by atoms with Gasteiger partial charge in [-0.25, -0.2) is 0 Å². The molecule has 1 saturated carbocycles. The average Bonchev–Trinajstić information content (AvgIpc) is 3.15. The Morgan fingerprint density at radius 1 is 1.33 bits per heavy atom. The maximum Gasteiger partial charge on any atom is 0.308 e. The Morgan fingerprint density at radius 2 is 1.90 bits per heavy atom. The van der Waals surface area contributed by atoms with Crippen LogP contribution in [-0.4, -0.2) is 11.1 Å². The van der Waals surface area contributed by atoms with E-state index >= 15 is 0 Å². The van der Waals surface area contributed by atoms with Crippen LogP contribution >= 0.6 is 0 Å². The van der Waals surface area contributed by atoms with E-state index < -0.39 is 5.97 Å². The fourth-order valence-electron chi connectivity index (χ4n) is 1.91. The molecule has 1 N–H and O–H groups in total. The zero-order valence-electron chi connectivity index (χ0n) is 13.8. The van der Waals surface area contributed by atoms with Gasteiger partial charge in [0, 0.05) is 6.92 Å². The third-order valence-corrected chi connectivity index (χ3v) is 3.98. The summed E-state index contributed by atoms with van der Waals surface area (Å²) >= 11 is 0. The van der Waals surface area contributed by atoms with Crippen LogP contribution in [0.4, 0.5) is 0 Å². The monoisotopic (exact) mass is 292 g/mol. The largest absolute Gasteiger partial charge is 0.504 e. The van der Waals surface area contributed by atoms with Gasteiger partial charge in [0.2, 0.25) is 0 Å². The van der Waals surface area contributed by atoms with Crippen LogP contribution in [0.25, 0.3) is 0 Å². The molecule has 1 aromatic carbocycles. The third-order valence-electron chi connectivity index (χ3n) is 3.98. The van der Waals surface area contributed by atoms with Gasteiger partial charge in [0.1, 0.15) is 0 Å². The van der Waals surface area contributed by atoms with E-state index in [1.54, 1.807) is 12.1 Å². The van der Waals surface area contributed by atoms with Gasteiger partial charge >= 0.3 is 5.97 Å². The normalized spacial score (nSPS) is 15.7. The van der Waals surface area contributed by atoms with Crippen molar-refractivity contribution in [2.24, 2.45) is 17.3 Å². The van der Waals surface area contributed by atoms with Crippen molar-refractivity contribution < 1.29 is 14.6 Å². The van der Waals surface area contributed by atoms with Gasteiger partial charge in [-0.2, -0.15) is 0 Å². The number of aromatic hydroxyl groups is 1. The van der Waals surface area contributed by atoms with Crippen LogP contribution in [0.5, 0.6) is 11.5 Å². The van der Waals surface area contributed by atoms with Crippen molar-refractivity contribution in [2.75, 3.05) is 0 Å². The number of hydrogen-bond donors (Lipinski definition) is 1. The molecule has 0 radical (unpaired) electrons. The first-order valence-corrected chi connectivity index (χ1v) is 7.66. The lowest BCUT2D eigenvalue weighted by molar-refractivity contribution is -0.132. The summed E-state index contributed by atoms with van der Waals surface area (Å²) in [4.78, 5) is 10.4. The van der Waals surface area contributed by atoms with E-state index in [0.717, 1.165) is 11.8 Å². The summed E-state index contributed by atoms with van der Waals surface area (Å²) in [7, 11) is 0. The molecule has 0 heterocycles. The van der Waals surface area contributed by atoms with Crippen molar-refractivity contribution >= 4 is 5.97 Å². The van der Waals surface area contributed by atoms with Crippen LogP contribution in [0.15, 0.2) is 24.3 Å². The number of para-hydroxylation sites is 2. The molecular weight excluding hydrogens is 264 g/mol. The summed E-state index contributed by atoms with van der Waals surface area (Å²) in [5.74, 6) is 1.73. The Hall–Kier alpha value is -1.51. The van der Waals surface area contributed by atoms with Crippen LogP contribution in [0.2, 0.25) is 0 Å². The van der Waals surface area contributed by atoms with E-state index in [-0.39, 0.29) is 11.5 Å². The molecule has 3 heteroatoms. The van der Waals surface area contributed by atoms with Gasteiger partial charge in [-0.3, -0.25) is 4.79 Å². The number of carbonyl (C=O) groups is 1. The first-order valence-electron chi connectivity index (χ1n) is 7.66. The second-order valence-corrected chi connectivity index (χ2v) is 7.01. The Morgan fingerprint density at radius 3 is 2.33 bits per heavy atom. The highest BCUT2D eigenvalue weighted by molar-refractivity contribution is 5.70. The molecule has 118 valence electrons. The first kappa shape index (κ1) is 17.5. The fraction of sp³-hybridized carbons (Fsp3) is 0.611. The molecule has 1 unspecified atom stereocenters. The Bertz CT molecular complexity index is 456. The van der Waals surface area contributed by atoms with Crippen molar-refractivity contribution in [3.63, 3.8) is 0 Å². The second kappa shape index (κ2) is 7.48. The highest BCUT2D eigenvalue weighted by Gasteiger charge is 2.28. The maximum atomic E-state index is 10.4.